The van der Waals surface area contributed by atoms with E-state index in [0.29, 0.717) is 5.02 Å². The molecule has 0 aliphatic heterocycles. The van der Waals surface area contributed by atoms with Crippen LogP contribution in [0.1, 0.15) is 31.9 Å². The predicted molar refractivity (Wildman–Crippen MR) is 92.6 cm³/mol. The molecular weight excluding hydrogens is 332 g/mol. The minimum atomic E-state index is -1.10. The van der Waals surface area contributed by atoms with Crippen molar-refractivity contribution in [2.24, 2.45) is 0 Å². The molecule has 1 aromatic carbocycles. The Balaban J connectivity index is 2.54. The van der Waals surface area contributed by atoms with Gasteiger partial charge in [0.05, 0.1) is 0 Å². The Morgan fingerprint density at radius 3 is 2.46 bits per heavy atom. The normalized spacial score (nSPS) is 12.1. The summed E-state index contributed by atoms with van der Waals surface area (Å²) in [5.41, 5.74) is 1.66. The van der Waals surface area contributed by atoms with Crippen molar-refractivity contribution < 1.29 is 19.1 Å². The number of hydrogen-bond acceptors (Lipinski definition) is 4. The highest BCUT2D eigenvalue weighted by molar-refractivity contribution is 6.31. The Morgan fingerprint density at radius 2 is 1.88 bits per heavy atom. The molecule has 2 N–H and O–H groups in total. The second-order valence-corrected chi connectivity index (χ2v) is 5.95. The first-order valence-electron chi connectivity index (χ1n) is 7.45. The molecule has 0 radical (unpaired) electrons. The van der Waals surface area contributed by atoms with E-state index < -0.39 is 24.0 Å². The number of ether oxygens (including phenoxy) is 1. The van der Waals surface area contributed by atoms with Crippen LogP contribution in [0.15, 0.2) is 24.3 Å². The highest BCUT2D eigenvalue weighted by Crippen LogP contribution is 2.17. The molecule has 0 saturated heterocycles. The van der Waals surface area contributed by atoms with E-state index in [4.69, 9.17) is 16.3 Å². The first kappa shape index (κ1) is 19.7. The summed E-state index contributed by atoms with van der Waals surface area (Å²) in [4.78, 5) is 34.9. The van der Waals surface area contributed by atoms with Gasteiger partial charge in [-0.2, -0.15) is 0 Å². The van der Waals surface area contributed by atoms with Crippen molar-refractivity contribution >= 4 is 35.6 Å². The van der Waals surface area contributed by atoms with Crippen LogP contribution < -0.4 is 10.6 Å². The van der Waals surface area contributed by atoms with Gasteiger partial charge in [-0.3, -0.25) is 10.1 Å². The van der Waals surface area contributed by atoms with Crippen LogP contribution in [-0.4, -0.2) is 30.1 Å². The third-order valence-electron chi connectivity index (χ3n) is 2.93. The molecule has 6 nitrogen and oxygen atoms in total. The van der Waals surface area contributed by atoms with Crippen LogP contribution in [-0.2, 0) is 14.3 Å². The Morgan fingerprint density at radius 1 is 1.21 bits per heavy atom. The molecule has 0 aromatic heterocycles. The van der Waals surface area contributed by atoms with Crippen LogP contribution in [0.5, 0.6) is 0 Å². The molecule has 7 heteroatoms. The fraction of sp³-hybridized carbons (Fsp3) is 0.353. The fourth-order valence-corrected chi connectivity index (χ4v) is 1.84. The maximum absolute atomic E-state index is 11.7. The van der Waals surface area contributed by atoms with Gasteiger partial charge in [-0.15, -0.1) is 0 Å². The van der Waals surface area contributed by atoms with Gasteiger partial charge in [-0.05, 0) is 51.0 Å². The van der Waals surface area contributed by atoms with E-state index in [2.05, 4.69) is 10.6 Å². The number of esters is 1. The molecule has 0 heterocycles. The van der Waals surface area contributed by atoms with Crippen LogP contribution in [0, 0.1) is 6.92 Å². The number of amides is 3. The van der Waals surface area contributed by atoms with Crippen LogP contribution in [0.2, 0.25) is 5.02 Å². The molecule has 1 rings (SSSR count). The number of aryl methyl sites for hydroxylation is 1. The summed E-state index contributed by atoms with van der Waals surface area (Å²) in [6, 6.07) is 4.60. The molecule has 0 saturated carbocycles. The molecule has 130 valence electrons. The van der Waals surface area contributed by atoms with Crippen molar-refractivity contribution in [2.45, 2.75) is 39.8 Å². The molecule has 0 bridgehead atoms. The maximum Gasteiger partial charge on any atom is 0.331 e. The minimum Gasteiger partial charge on any atom is -0.449 e. The summed E-state index contributed by atoms with van der Waals surface area (Å²) >= 11 is 6.00. The SMILES string of the molecule is Cc1ccc(/C=C/C(=O)O[C@H](C)C(=O)NC(=O)NC(C)C)cc1Cl. The lowest BCUT2D eigenvalue weighted by atomic mass is 10.1. The quantitative estimate of drug-likeness (QED) is 0.630. The number of rotatable bonds is 5. The second kappa shape index (κ2) is 9.08. The summed E-state index contributed by atoms with van der Waals surface area (Å²) in [7, 11) is 0. The van der Waals surface area contributed by atoms with Gasteiger partial charge in [0.25, 0.3) is 5.91 Å². The van der Waals surface area contributed by atoms with Gasteiger partial charge in [0.2, 0.25) is 0 Å². The number of carbonyl (C=O) groups excluding carboxylic acids is 3. The van der Waals surface area contributed by atoms with Crippen LogP contribution in [0.4, 0.5) is 4.79 Å². The van der Waals surface area contributed by atoms with Crippen molar-refractivity contribution in [3.8, 4) is 0 Å². The predicted octanol–water partition coefficient (Wildman–Crippen LogP) is 2.83. The number of halogens is 1. The molecule has 0 aliphatic rings. The third-order valence-corrected chi connectivity index (χ3v) is 3.33. The average Bonchev–Trinajstić information content (AvgIpc) is 2.47. The van der Waals surface area contributed by atoms with Gasteiger partial charge in [0, 0.05) is 17.1 Å². The molecule has 0 spiro atoms. The van der Waals surface area contributed by atoms with E-state index in [1.54, 1.807) is 26.0 Å². The minimum absolute atomic E-state index is 0.111. The van der Waals surface area contributed by atoms with E-state index in [1.165, 1.54) is 19.1 Å². The molecule has 0 aliphatic carbocycles. The average molecular weight is 353 g/mol. The van der Waals surface area contributed by atoms with Gasteiger partial charge in [0.1, 0.15) is 0 Å². The summed E-state index contributed by atoms with van der Waals surface area (Å²) < 4.78 is 4.94. The Labute approximate surface area is 146 Å². The second-order valence-electron chi connectivity index (χ2n) is 5.54. The molecule has 1 atom stereocenters. The Kier molecular flexibility index (Phi) is 7.45. The van der Waals surface area contributed by atoms with Crippen molar-refractivity contribution in [3.63, 3.8) is 0 Å². The lowest BCUT2D eigenvalue weighted by Crippen LogP contribution is -2.46. The van der Waals surface area contributed by atoms with E-state index in [-0.39, 0.29) is 6.04 Å². The zero-order chi connectivity index (χ0) is 18.3. The lowest BCUT2D eigenvalue weighted by molar-refractivity contribution is -0.149. The first-order valence-corrected chi connectivity index (χ1v) is 7.83. The summed E-state index contributed by atoms with van der Waals surface area (Å²) in [6.07, 6.45) is 1.63. The monoisotopic (exact) mass is 352 g/mol. The van der Waals surface area contributed by atoms with Crippen LogP contribution in [0.25, 0.3) is 6.08 Å². The van der Waals surface area contributed by atoms with Crippen LogP contribution in [0.3, 0.4) is 0 Å². The molecule has 24 heavy (non-hydrogen) atoms. The van der Waals surface area contributed by atoms with Gasteiger partial charge >= 0.3 is 12.0 Å². The van der Waals surface area contributed by atoms with Crippen molar-refractivity contribution in [3.05, 3.63) is 40.4 Å². The zero-order valence-electron chi connectivity index (χ0n) is 14.1. The summed E-state index contributed by atoms with van der Waals surface area (Å²) in [6.45, 7) is 6.78. The summed E-state index contributed by atoms with van der Waals surface area (Å²) in [5.74, 6) is -1.40. The molecule has 0 unspecified atom stereocenters. The lowest BCUT2D eigenvalue weighted by Gasteiger charge is -2.13. The van der Waals surface area contributed by atoms with Crippen LogP contribution >= 0.6 is 11.6 Å². The van der Waals surface area contributed by atoms with E-state index in [1.807, 2.05) is 13.0 Å². The van der Waals surface area contributed by atoms with Gasteiger partial charge in [0.15, 0.2) is 6.10 Å². The molecular formula is C17H21ClN2O4. The highest BCUT2D eigenvalue weighted by atomic mass is 35.5. The zero-order valence-corrected chi connectivity index (χ0v) is 14.8. The standard InChI is InChI=1S/C17H21ClN2O4/c1-10(2)19-17(23)20-16(22)12(4)24-15(21)8-7-13-6-5-11(3)14(18)9-13/h5-10,12H,1-4H3,(H2,19,20,22,23)/b8-7+/t12-/m1/s1. The third kappa shape index (κ3) is 6.83. The number of benzene rings is 1. The molecule has 3 amide bonds. The van der Waals surface area contributed by atoms with E-state index in [0.717, 1.165) is 11.1 Å². The molecule has 0 fully saturated rings. The number of hydrogen-bond donors (Lipinski definition) is 2. The first-order chi connectivity index (χ1) is 11.2. The smallest absolute Gasteiger partial charge is 0.331 e. The Hall–Kier alpha value is -2.34. The highest BCUT2D eigenvalue weighted by Gasteiger charge is 2.19. The maximum atomic E-state index is 11.7. The molecule has 1 aromatic rings. The largest absolute Gasteiger partial charge is 0.449 e. The number of urea groups is 1. The van der Waals surface area contributed by atoms with Crippen molar-refractivity contribution in [2.75, 3.05) is 0 Å². The van der Waals surface area contributed by atoms with E-state index in [9.17, 15) is 14.4 Å². The van der Waals surface area contributed by atoms with Gasteiger partial charge < -0.3 is 10.1 Å². The van der Waals surface area contributed by atoms with E-state index >= 15 is 0 Å². The Bertz CT molecular complexity index is 656. The van der Waals surface area contributed by atoms with Crippen molar-refractivity contribution in [1.82, 2.24) is 10.6 Å². The number of carbonyl (C=O) groups is 3. The number of nitrogens with one attached hydrogen (secondary N) is 2. The number of imide groups is 1. The van der Waals surface area contributed by atoms with Gasteiger partial charge in [-0.25, -0.2) is 9.59 Å². The fourth-order valence-electron chi connectivity index (χ4n) is 1.66. The van der Waals surface area contributed by atoms with Crippen molar-refractivity contribution in [1.29, 1.82) is 0 Å². The topological polar surface area (TPSA) is 84.5 Å². The summed E-state index contributed by atoms with van der Waals surface area (Å²) in [5, 5.41) is 5.19. The van der Waals surface area contributed by atoms with Gasteiger partial charge in [-0.1, -0.05) is 23.7 Å².